The van der Waals surface area contributed by atoms with Crippen molar-refractivity contribution in [3.8, 4) is 0 Å². The monoisotopic (exact) mass is 263 g/mol. The number of nitrogens with zero attached hydrogens (tertiary/aromatic N) is 5. The molecule has 3 N–H and O–H groups in total. The Morgan fingerprint density at radius 1 is 1.26 bits per heavy atom. The van der Waals surface area contributed by atoms with Gasteiger partial charge in [0.05, 0.1) is 6.33 Å². The van der Waals surface area contributed by atoms with Gasteiger partial charge in [-0.05, 0) is 34.0 Å². The van der Waals surface area contributed by atoms with Crippen molar-refractivity contribution < 1.29 is 0 Å². The molecule has 2 heterocycles. The van der Waals surface area contributed by atoms with E-state index in [9.17, 15) is 0 Å². The highest BCUT2D eigenvalue weighted by Gasteiger charge is 2.14. The SMILES string of the molecule is CCN(CCCN(C)C)c1nc(N)nc2nc[nH]c12. The second-order valence-corrected chi connectivity index (χ2v) is 4.74. The van der Waals surface area contributed by atoms with Gasteiger partial charge in [-0.1, -0.05) is 0 Å². The Bertz CT molecular complexity index is 534. The topological polar surface area (TPSA) is 87.0 Å². The minimum atomic E-state index is 0.264. The van der Waals surface area contributed by atoms with Gasteiger partial charge >= 0.3 is 0 Å². The number of rotatable bonds is 6. The van der Waals surface area contributed by atoms with E-state index in [0.717, 1.165) is 37.4 Å². The van der Waals surface area contributed by atoms with Gasteiger partial charge < -0.3 is 20.5 Å². The summed E-state index contributed by atoms with van der Waals surface area (Å²) < 4.78 is 0. The normalized spacial score (nSPS) is 11.4. The fourth-order valence-corrected chi connectivity index (χ4v) is 2.05. The van der Waals surface area contributed by atoms with Crippen LogP contribution in [0.5, 0.6) is 0 Å². The summed E-state index contributed by atoms with van der Waals surface area (Å²) >= 11 is 0. The first-order valence-electron chi connectivity index (χ1n) is 6.48. The quantitative estimate of drug-likeness (QED) is 0.798. The summed E-state index contributed by atoms with van der Waals surface area (Å²) in [4.78, 5) is 20.1. The number of hydrogen-bond donors (Lipinski definition) is 2. The number of imidazole rings is 1. The predicted octanol–water partition coefficient (Wildman–Crippen LogP) is 0.713. The van der Waals surface area contributed by atoms with Crippen molar-refractivity contribution in [3.05, 3.63) is 6.33 Å². The van der Waals surface area contributed by atoms with Crippen molar-refractivity contribution in [2.24, 2.45) is 0 Å². The Morgan fingerprint density at radius 2 is 2.05 bits per heavy atom. The molecule has 2 aromatic heterocycles. The third-order valence-corrected chi connectivity index (χ3v) is 3.00. The summed E-state index contributed by atoms with van der Waals surface area (Å²) in [5, 5.41) is 0. The Hall–Kier alpha value is -1.89. The largest absolute Gasteiger partial charge is 0.368 e. The van der Waals surface area contributed by atoms with E-state index >= 15 is 0 Å². The van der Waals surface area contributed by atoms with Gasteiger partial charge in [-0.25, -0.2) is 4.98 Å². The molecular formula is C12H21N7. The number of nitrogens with two attached hydrogens (primary N) is 1. The third-order valence-electron chi connectivity index (χ3n) is 3.00. The molecule has 0 saturated carbocycles. The lowest BCUT2D eigenvalue weighted by atomic mass is 10.3. The zero-order chi connectivity index (χ0) is 13.8. The summed E-state index contributed by atoms with van der Waals surface area (Å²) in [5.74, 6) is 1.10. The van der Waals surface area contributed by atoms with Crippen LogP contribution < -0.4 is 10.6 Å². The molecule has 19 heavy (non-hydrogen) atoms. The molecule has 104 valence electrons. The Kier molecular flexibility index (Phi) is 4.16. The van der Waals surface area contributed by atoms with E-state index in [-0.39, 0.29) is 5.95 Å². The Morgan fingerprint density at radius 3 is 2.74 bits per heavy atom. The first-order valence-corrected chi connectivity index (χ1v) is 6.48. The van der Waals surface area contributed by atoms with Gasteiger partial charge in [0, 0.05) is 13.1 Å². The Balaban J connectivity index is 2.22. The van der Waals surface area contributed by atoms with E-state index < -0.39 is 0 Å². The average molecular weight is 263 g/mol. The summed E-state index contributed by atoms with van der Waals surface area (Å²) in [6, 6.07) is 0. The number of aromatic nitrogens is 4. The minimum absolute atomic E-state index is 0.264. The van der Waals surface area contributed by atoms with Crippen molar-refractivity contribution in [1.29, 1.82) is 0 Å². The standard InChI is InChI=1S/C12H21N7/c1-4-19(7-5-6-18(2)3)11-9-10(15-8-14-9)16-12(13)17-11/h8H,4-7H2,1-3H3,(H3,13,14,15,16,17). The van der Waals surface area contributed by atoms with Gasteiger partial charge in [0.2, 0.25) is 5.95 Å². The van der Waals surface area contributed by atoms with E-state index in [4.69, 9.17) is 5.73 Å². The number of aromatic amines is 1. The van der Waals surface area contributed by atoms with Gasteiger partial charge in [-0.15, -0.1) is 0 Å². The molecule has 7 heteroatoms. The molecule has 2 rings (SSSR count). The fourth-order valence-electron chi connectivity index (χ4n) is 2.05. The molecule has 0 radical (unpaired) electrons. The number of anilines is 2. The van der Waals surface area contributed by atoms with E-state index in [0.29, 0.717) is 5.65 Å². The molecular weight excluding hydrogens is 242 g/mol. The first kappa shape index (κ1) is 13.5. The van der Waals surface area contributed by atoms with Crippen LogP contribution in [0.15, 0.2) is 6.33 Å². The molecule has 7 nitrogen and oxygen atoms in total. The van der Waals surface area contributed by atoms with Crippen molar-refractivity contribution in [2.45, 2.75) is 13.3 Å². The highest BCUT2D eigenvalue weighted by Crippen LogP contribution is 2.21. The van der Waals surface area contributed by atoms with Crippen LogP contribution in [0.1, 0.15) is 13.3 Å². The van der Waals surface area contributed by atoms with Crippen LogP contribution in [0.4, 0.5) is 11.8 Å². The van der Waals surface area contributed by atoms with Gasteiger partial charge in [-0.2, -0.15) is 9.97 Å². The number of nitrogens with one attached hydrogen (secondary N) is 1. The zero-order valence-corrected chi connectivity index (χ0v) is 11.7. The minimum Gasteiger partial charge on any atom is -0.368 e. The molecule has 0 atom stereocenters. The number of nitrogen functional groups attached to an aromatic ring is 1. The maximum Gasteiger partial charge on any atom is 0.224 e. The van der Waals surface area contributed by atoms with Crippen molar-refractivity contribution in [1.82, 2.24) is 24.8 Å². The van der Waals surface area contributed by atoms with Crippen LogP contribution in [-0.2, 0) is 0 Å². The summed E-state index contributed by atoms with van der Waals surface area (Å²) in [6.45, 7) is 4.95. The van der Waals surface area contributed by atoms with Crippen LogP contribution >= 0.6 is 0 Å². The van der Waals surface area contributed by atoms with E-state index in [1.807, 2.05) is 0 Å². The van der Waals surface area contributed by atoms with Crippen LogP contribution in [0.25, 0.3) is 11.2 Å². The molecule has 0 aromatic carbocycles. The lowest BCUT2D eigenvalue weighted by Gasteiger charge is -2.23. The van der Waals surface area contributed by atoms with Crippen molar-refractivity contribution in [3.63, 3.8) is 0 Å². The number of hydrogen-bond acceptors (Lipinski definition) is 6. The van der Waals surface area contributed by atoms with Crippen LogP contribution in [0.3, 0.4) is 0 Å². The lowest BCUT2D eigenvalue weighted by molar-refractivity contribution is 0.400. The van der Waals surface area contributed by atoms with Crippen molar-refractivity contribution in [2.75, 3.05) is 44.4 Å². The van der Waals surface area contributed by atoms with Gasteiger partial charge in [0.15, 0.2) is 11.5 Å². The van der Waals surface area contributed by atoms with E-state index in [2.05, 4.69) is 50.8 Å². The molecule has 0 bridgehead atoms. The average Bonchev–Trinajstić information content (AvgIpc) is 2.81. The van der Waals surface area contributed by atoms with Gasteiger partial charge in [0.1, 0.15) is 5.52 Å². The molecule has 0 aliphatic rings. The maximum atomic E-state index is 5.74. The second-order valence-electron chi connectivity index (χ2n) is 4.74. The maximum absolute atomic E-state index is 5.74. The molecule has 0 aliphatic heterocycles. The van der Waals surface area contributed by atoms with E-state index in [1.54, 1.807) is 6.33 Å². The molecule has 0 aliphatic carbocycles. The fraction of sp³-hybridized carbons (Fsp3) is 0.583. The second kappa shape index (κ2) is 5.83. The lowest BCUT2D eigenvalue weighted by Crippen LogP contribution is -2.28. The summed E-state index contributed by atoms with van der Waals surface area (Å²) in [5.41, 5.74) is 7.21. The molecule has 0 saturated heterocycles. The number of H-pyrrole nitrogens is 1. The Labute approximate surface area is 112 Å². The zero-order valence-electron chi connectivity index (χ0n) is 11.7. The van der Waals surface area contributed by atoms with Crippen LogP contribution in [0, 0.1) is 0 Å². The van der Waals surface area contributed by atoms with Crippen molar-refractivity contribution >= 4 is 22.9 Å². The molecule has 0 fully saturated rings. The summed E-state index contributed by atoms with van der Waals surface area (Å²) in [6.07, 6.45) is 2.69. The smallest absolute Gasteiger partial charge is 0.224 e. The molecule has 0 amide bonds. The summed E-state index contributed by atoms with van der Waals surface area (Å²) in [7, 11) is 4.15. The molecule has 2 aromatic rings. The van der Waals surface area contributed by atoms with Gasteiger partial charge in [0.25, 0.3) is 0 Å². The molecule has 0 unspecified atom stereocenters. The molecule has 0 spiro atoms. The highest BCUT2D eigenvalue weighted by molar-refractivity contribution is 5.84. The number of fused-ring (bicyclic) bond motifs is 1. The van der Waals surface area contributed by atoms with Crippen LogP contribution in [0.2, 0.25) is 0 Å². The third kappa shape index (κ3) is 3.11. The predicted molar refractivity (Wildman–Crippen MR) is 77.2 cm³/mol. The van der Waals surface area contributed by atoms with Crippen LogP contribution in [-0.4, -0.2) is 58.6 Å². The van der Waals surface area contributed by atoms with E-state index in [1.165, 1.54) is 0 Å². The van der Waals surface area contributed by atoms with Gasteiger partial charge in [-0.3, -0.25) is 0 Å². The first-order chi connectivity index (χ1) is 9.11. The highest BCUT2D eigenvalue weighted by atomic mass is 15.2.